The quantitative estimate of drug-likeness (QED) is 0.812. The Kier molecular flexibility index (Phi) is 6.45. The minimum atomic E-state index is -3.52. The second-order valence-corrected chi connectivity index (χ2v) is 7.26. The standard InChI is InChI=1S/C14H23ClN2O2S/c1-5-10(2)8-17-20(18,19)14-7-13(15)6-12(9-16-4)11(14)3/h6-7,10,16-17H,5,8-9H2,1-4H3. The van der Waals surface area contributed by atoms with Gasteiger partial charge in [-0.1, -0.05) is 31.9 Å². The van der Waals surface area contributed by atoms with Crippen LogP contribution in [0.15, 0.2) is 17.0 Å². The highest BCUT2D eigenvalue weighted by Crippen LogP contribution is 2.24. The van der Waals surface area contributed by atoms with Crippen LogP contribution >= 0.6 is 11.6 Å². The van der Waals surface area contributed by atoms with Gasteiger partial charge in [0.15, 0.2) is 0 Å². The smallest absolute Gasteiger partial charge is 0.240 e. The molecule has 0 bridgehead atoms. The van der Waals surface area contributed by atoms with Crippen molar-refractivity contribution in [2.24, 2.45) is 5.92 Å². The molecule has 1 rings (SSSR count). The zero-order valence-corrected chi connectivity index (χ0v) is 14.0. The van der Waals surface area contributed by atoms with Crippen molar-refractivity contribution in [1.82, 2.24) is 10.0 Å². The molecule has 0 aromatic heterocycles. The van der Waals surface area contributed by atoms with Crippen LogP contribution < -0.4 is 10.0 Å². The molecular formula is C14H23ClN2O2S. The van der Waals surface area contributed by atoms with E-state index < -0.39 is 10.0 Å². The lowest BCUT2D eigenvalue weighted by atomic mass is 10.1. The van der Waals surface area contributed by atoms with Gasteiger partial charge in [0, 0.05) is 18.1 Å². The summed E-state index contributed by atoms with van der Waals surface area (Å²) in [6.07, 6.45) is 0.933. The summed E-state index contributed by atoms with van der Waals surface area (Å²) in [5, 5.41) is 3.45. The van der Waals surface area contributed by atoms with Gasteiger partial charge in [-0.05, 0) is 43.1 Å². The third kappa shape index (κ3) is 4.45. The van der Waals surface area contributed by atoms with Crippen LogP contribution in [0.1, 0.15) is 31.4 Å². The van der Waals surface area contributed by atoms with E-state index >= 15 is 0 Å². The summed E-state index contributed by atoms with van der Waals surface area (Å²) in [4.78, 5) is 0.263. The van der Waals surface area contributed by atoms with Gasteiger partial charge in [0.25, 0.3) is 0 Å². The molecule has 0 aliphatic rings. The number of benzene rings is 1. The average Bonchev–Trinajstić information content (AvgIpc) is 2.40. The number of sulfonamides is 1. The molecule has 0 radical (unpaired) electrons. The van der Waals surface area contributed by atoms with Gasteiger partial charge in [0.1, 0.15) is 0 Å². The van der Waals surface area contributed by atoms with Crippen molar-refractivity contribution in [3.63, 3.8) is 0 Å². The van der Waals surface area contributed by atoms with Crippen LogP contribution in [0.2, 0.25) is 5.02 Å². The second kappa shape index (κ2) is 7.41. The zero-order valence-electron chi connectivity index (χ0n) is 12.5. The van der Waals surface area contributed by atoms with E-state index in [1.807, 2.05) is 20.9 Å². The minimum Gasteiger partial charge on any atom is -0.316 e. The average molecular weight is 319 g/mol. The van der Waals surface area contributed by atoms with Gasteiger partial charge < -0.3 is 5.32 Å². The van der Waals surface area contributed by atoms with Crippen LogP contribution in [0.5, 0.6) is 0 Å². The van der Waals surface area contributed by atoms with Crippen molar-refractivity contribution in [3.8, 4) is 0 Å². The molecule has 0 saturated heterocycles. The molecule has 0 spiro atoms. The highest BCUT2D eigenvalue weighted by atomic mass is 35.5. The Hall–Kier alpha value is -0.620. The molecule has 0 saturated carbocycles. The first-order valence-corrected chi connectivity index (χ1v) is 8.61. The molecule has 0 amide bonds. The second-order valence-electron chi connectivity index (χ2n) is 5.08. The van der Waals surface area contributed by atoms with Gasteiger partial charge in [0.2, 0.25) is 10.0 Å². The lowest BCUT2D eigenvalue weighted by Gasteiger charge is -2.15. The van der Waals surface area contributed by atoms with Gasteiger partial charge in [0.05, 0.1) is 4.90 Å². The maximum absolute atomic E-state index is 12.4. The Morgan fingerprint density at radius 2 is 2.00 bits per heavy atom. The molecule has 0 heterocycles. The van der Waals surface area contributed by atoms with Crippen LogP contribution in [-0.4, -0.2) is 22.0 Å². The summed E-state index contributed by atoms with van der Waals surface area (Å²) in [5.74, 6) is 0.307. The van der Waals surface area contributed by atoms with Crippen molar-refractivity contribution in [1.29, 1.82) is 0 Å². The summed E-state index contributed by atoms with van der Waals surface area (Å²) < 4.78 is 27.4. The van der Waals surface area contributed by atoms with Gasteiger partial charge in [-0.15, -0.1) is 0 Å². The molecular weight excluding hydrogens is 296 g/mol. The zero-order chi connectivity index (χ0) is 15.3. The van der Waals surface area contributed by atoms with Crippen molar-refractivity contribution >= 4 is 21.6 Å². The van der Waals surface area contributed by atoms with Crippen molar-refractivity contribution in [2.45, 2.75) is 38.6 Å². The molecule has 6 heteroatoms. The van der Waals surface area contributed by atoms with E-state index in [-0.39, 0.29) is 4.90 Å². The van der Waals surface area contributed by atoms with E-state index in [9.17, 15) is 8.42 Å². The normalized spacial score (nSPS) is 13.4. The van der Waals surface area contributed by atoms with Crippen molar-refractivity contribution in [2.75, 3.05) is 13.6 Å². The van der Waals surface area contributed by atoms with E-state index in [1.54, 1.807) is 13.0 Å². The summed E-state index contributed by atoms with van der Waals surface area (Å²) in [6, 6.07) is 3.30. The highest BCUT2D eigenvalue weighted by Gasteiger charge is 2.20. The number of nitrogens with one attached hydrogen (secondary N) is 2. The molecule has 1 aromatic rings. The summed E-state index contributed by atoms with van der Waals surface area (Å²) >= 11 is 6.03. The van der Waals surface area contributed by atoms with E-state index in [0.29, 0.717) is 24.0 Å². The first kappa shape index (κ1) is 17.4. The van der Waals surface area contributed by atoms with Crippen LogP contribution in [0.4, 0.5) is 0 Å². The van der Waals surface area contributed by atoms with Crippen molar-refractivity contribution in [3.05, 3.63) is 28.3 Å². The monoisotopic (exact) mass is 318 g/mol. The summed E-state index contributed by atoms with van der Waals surface area (Å²) in [6.45, 7) is 6.88. The number of rotatable bonds is 7. The van der Waals surface area contributed by atoms with E-state index in [4.69, 9.17) is 11.6 Å². The maximum Gasteiger partial charge on any atom is 0.240 e. The first-order chi connectivity index (χ1) is 9.31. The largest absolute Gasteiger partial charge is 0.316 e. The van der Waals surface area contributed by atoms with Gasteiger partial charge in [-0.3, -0.25) is 0 Å². The maximum atomic E-state index is 12.4. The van der Waals surface area contributed by atoms with Gasteiger partial charge >= 0.3 is 0 Å². The Labute approximate surface area is 127 Å². The Morgan fingerprint density at radius 3 is 2.55 bits per heavy atom. The fraction of sp³-hybridized carbons (Fsp3) is 0.571. The van der Waals surface area contributed by atoms with Crippen LogP contribution in [0.3, 0.4) is 0 Å². The molecule has 0 fully saturated rings. The Balaban J connectivity index is 3.11. The van der Waals surface area contributed by atoms with E-state index in [0.717, 1.165) is 17.5 Å². The van der Waals surface area contributed by atoms with Crippen LogP contribution in [0.25, 0.3) is 0 Å². The minimum absolute atomic E-state index is 0.263. The predicted octanol–water partition coefficient (Wildman–Crippen LogP) is 2.69. The molecule has 0 aliphatic carbocycles. The predicted molar refractivity (Wildman–Crippen MR) is 83.6 cm³/mol. The number of hydrogen-bond donors (Lipinski definition) is 2. The lowest BCUT2D eigenvalue weighted by Crippen LogP contribution is -2.29. The summed E-state index contributed by atoms with van der Waals surface area (Å²) in [7, 11) is -1.71. The van der Waals surface area contributed by atoms with Crippen molar-refractivity contribution < 1.29 is 8.42 Å². The molecule has 4 nitrogen and oxygen atoms in total. The number of hydrogen-bond acceptors (Lipinski definition) is 3. The number of halogens is 1. The first-order valence-electron chi connectivity index (χ1n) is 6.75. The molecule has 114 valence electrons. The molecule has 2 N–H and O–H groups in total. The lowest BCUT2D eigenvalue weighted by molar-refractivity contribution is 0.528. The third-order valence-corrected chi connectivity index (χ3v) is 5.18. The fourth-order valence-electron chi connectivity index (χ4n) is 1.84. The molecule has 1 unspecified atom stereocenters. The summed E-state index contributed by atoms with van der Waals surface area (Å²) in [5.41, 5.74) is 1.63. The van der Waals surface area contributed by atoms with E-state index in [2.05, 4.69) is 10.0 Å². The fourth-order valence-corrected chi connectivity index (χ4v) is 3.62. The van der Waals surface area contributed by atoms with Gasteiger partial charge in [-0.25, -0.2) is 13.1 Å². The molecule has 0 aliphatic heterocycles. The van der Waals surface area contributed by atoms with Crippen LogP contribution in [-0.2, 0) is 16.6 Å². The Morgan fingerprint density at radius 1 is 1.35 bits per heavy atom. The van der Waals surface area contributed by atoms with E-state index in [1.165, 1.54) is 6.07 Å². The third-order valence-electron chi connectivity index (χ3n) is 3.41. The molecule has 1 aromatic carbocycles. The SMILES string of the molecule is CCC(C)CNS(=O)(=O)c1cc(Cl)cc(CNC)c1C. The molecule has 1 atom stereocenters. The van der Waals surface area contributed by atoms with Crippen LogP contribution in [0, 0.1) is 12.8 Å². The Bertz CT molecular complexity index is 559. The molecule has 20 heavy (non-hydrogen) atoms. The van der Waals surface area contributed by atoms with Gasteiger partial charge in [-0.2, -0.15) is 0 Å². The topological polar surface area (TPSA) is 58.2 Å². The highest BCUT2D eigenvalue weighted by molar-refractivity contribution is 7.89.